The Kier molecular flexibility index (Phi) is 5.53. The van der Waals surface area contributed by atoms with Crippen LogP contribution in [-0.4, -0.2) is 45.3 Å². The fraction of sp³-hybridized carbons (Fsp3) is 0.409. The van der Waals surface area contributed by atoms with Crippen molar-refractivity contribution < 1.29 is 23.8 Å². The average Bonchev–Trinajstić information content (AvgIpc) is 2.76. The summed E-state index contributed by atoms with van der Waals surface area (Å²) in [5.41, 5.74) is -0.669. The summed E-state index contributed by atoms with van der Waals surface area (Å²) < 4.78 is 20.5. The highest BCUT2D eigenvalue weighted by molar-refractivity contribution is 5.99. The van der Waals surface area contributed by atoms with Gasteiger partial charge in [-0.25, -0.2) is 4.39 Å². The second kappa shape index (κ2) is 8.14. The van der Waals surface area contributed by atoms with Crippen LogP contribution in [0.1, 0.15) is 59.1 Å². The number of amides is 2. The standard InChI is InChI=1S/C22H24FN3O5/c1-3-15-8-9-26-17(31-15)11-25-10-16(19(27)20(28)18(25)22(26)30)21(29)24-12(2)13-4-6-14(23)7-5-13/h4-7,10,12,15,17,28H,3,8-9,11H2,1-2H3,(H,24,29)/t12-,15+,17-/m1/s1. The molecule has 0 unspecified atom stereocenters. The van der Waals surface area contributed by atoms with E-state index in [0.29, 0.717) is 18.5 Å². The number of carbonyl (C=O) groups is 2. The number of halogens is 1. The van der Waals surface area contributed by atoms with Gasteiger partial charge < -0.3 is 24.6 Å². The van der Waals surface area contributed by atoms with E-state index >= 15 is 0 Å². The highest BCUT2D eigenvalue weighted by atomic mass is 19.1. The topological polar surface area (TPSA) is 101 Å². The first kappa shape index (κ1) is 21.0. The first-order valence-electron chi connectivity index (χ1n) is 10.3. The number of nitrogens with zero attached hydrogens (tertiary/aromatic N) is 2. The third-order valence-corrected chi connectivity index (χ3v) is 5.88. The molecule has 3 heterocycles. The second-order valence-corrected chi connectivity index (χ2v) is 7.88. The van der Waals surface area contributed by atoms with E-state index in [2.05, 4.69) is 5.32 Å². The molecule has 1 aromatic carbocycles. The average molecular weight is 429 g/mol. The number of hydrogen-bond acceptors (Lipinski definition) is 5. The molecule has 0 aliphatic carbocycles. The fourth-order valence-electron chi connectivity index (χ4n) is 4.06. The Morgan fingerprint density at radius 1 is 1.32 bits per heavy atom. The molecule has 8 nitrogen and oxygen atoms in total. The van der Waals surface area contributed by atoms with Crippen LogP contribution in [0.15, 0.2) is 35.3 Å². The zero-order chi connectivity index (χ0) is 22.3. The Labute approximate surface area is 178 Å². The molecule has 2 amide bonds. The van der Waals surface area contributed by atoms with Crippen LogP contribution in [0.3, 0.4) is 0 Å². The lowest BCUT2D eigenvalue weighted by Crippen LogP contribution is -2.55. The van der Waals surface area contributed by atoms with Crippen LogP contribution in [0.2, 0.25) is 0 Å². The molecule has 164 valence electrons. The number of carbonyl (C=O) groups excluding carboxylic acids is 2. The van der Waals surface area contributed by atoms with Gasteiger partial charge in [0.15, 0.2) is 17.7 Å². The number of aromatic nitrogens is 1. The van der Waals surface area contributed by atoms with Crippen molar-refractivity contribution in [1.29, 1.82) is 0 Å². The SMILES string of the molecule is CC[C@H]1CCN2C(=O)c3c(O)c(=O)c(C(=O)N[C@H](C)c4ccc(F)cc4)cn3C[C@H]2O1. The second-order valence-electron chi connectivity index (χ2n) is 7.88. The molecular formula is C22H24FN3O5. The molecule has 31 heavy (non-hydrogen) atoms. The molecule has 9 heteroatoms. The lowest BCUT2D eigenvalue weighted by atomic mass is 10.1. The Bertz CT molecular complexity index is 1080. The van der Waals surface area contributed by atoms with Gasteiger partial charge in [-0.2, -0.15) is 0 Å². The van der Waals surface area contributed by atoms with Gasteiger partial charge in [-0.05, 0) is 37.5 Å². The molecule has 0 bridgehead atoms. The van der Waals surface area contributed by atoms with E-state index < -0.39 is 41.1 Å². The molecule has 2 aliphatic heterocycles. The van der Waals surface area contributed by atoms with Gasteiger partial charge in [0.1, 0.15) is 11.4 Å². The lowest BCUT2D eigenvalue weighted by molar-refractivity contribution is -0.134. The quantitative estimate of drug-likeness (QED) is 0.776. The van der Waals surface area contributed by atoms with Crippen molar-refractivity contribution >= 4 is 11.8 Å². The molecule has 2 aliphatic rings. The van der Waals surface area contributed by atoms with Crippen LogP contribution in [0.4, 0.5) is 4.39 Å². The summed E-state index contributed by atoms with van der Waals surface area (Å²) in [6.07, 6.45) is 2.30. The first-order chi connectivity index (χ1) is 14.8. The molecule has 0 spiro atoms. The molecule has 2 N–H and O–H groups in total. The number of benzene rings is 1. The summed E-state index contributed by atoms with van der Waals surface area (Å²) in [5, 5.41) is 13.1. The number of rotatable bonds is 4. The van der Waals surface area contributed by atoms with Gasteiger partial charge in [0, 0.05) is 12.7 Å². The normalized spacial score (nSPS) is 21.3. The molecule has 1 fully saturated rings. The minimum absolute atomic E-state index is 0.0305. The summed E-state index contributed by atoms with van der Waals surface area (Å²) in [7, 11) is 0. The number of nitrogens with one attached hydrogen (secondary N) is 1. The van der Waals surface area contributed by atoms with Gasteiger partial charge in [0.25, 0.3) is 11.8 Å². The van der Waals surface area contributed by atoms with Crippen molar-refractivity contribution in [2.75, 3.05) is 6.54 Å². The Morgan fingerprint density at radius 3 is 2.71 bits per heavy atom. The van der Waals surface area contributed by atoms with Gasteiger partial charge in [0.05, 0.1) is 18.7 Å². The molecule has 1 saturated heterocycles. The number of pyridine rings is 1. The fourth-order valence-corrected chi connectivity index (χ4v) is 4.06. The zero-order valence-corrected chi connectivity index (χ0v) is 17.3. The number of hydrogen-bond donors (Lipinski definition) is 2. The minimum atomic E-state index is -0.911. The number of fused-ring (bicyclic) bond motifs is 2. The maximum absolute atomic E-state index is 13.1. The lowest BCUT2D eigenvalue weighted by Gasteiger charge is -2.43. The van der Waals surface area contributed by atoms with Crippen LogP contribution < -0.4 is 10.7 Å². The van der Waals surface area contributed by atoms with Crippen LogP contribution in [0, 0.1) is 5.82 Å². The van der Waals surface area contributed by atoms with E-state index in [1.54, 1.807) is 6.92 Å². The molecule has 0 radical (unpaired) electrons. The summed E-state index contributed by atoms with van der Waals surface area (Å²) in [4.78, 5) is 39.9. The zero-order valence-electron chi connectivity index (χ0n) is 17.3. The molecule has 0 saturated carbocycles. The predicted octanol–water partition coefficient (Wildman–Crippen LogP) is 2.16. The van der Waals surface area contributed by atoms with Crippen molar-refractivity contribution in [3.8, 4) is 5.75 Å². The van der Waals surface area contributed by atoms with Crippen LogP contribution in [0.25, 0.3) is 0 Å². The van der Waals surface area contributed by atoms with Crippen LogP contribution in [0.5, 0.6) is 5.75 Å². The first-order valence-corrected chi connectivity index (χ1v) is 10.3. The molecular weight excluding hydrogens is 405 g/mol. The Hall–Kier alpha value is -3.20. The summed E-state index contributed by atoms with van der Waals surface area (Å²) in [6.45, 7) is 4.39. The summed E-state index contributed by atoms with van der Waals surface area (Å²) >= 11 is 0. The number of aromatic hydroxyl groups is 1. The van der Waals surface area contributed by atoms with Gasteiger partial charge >= 0.3 is 0 Å². The largest absolute Gasteiger partial charge is 0.503 e. The predicted molar refractivity (Wildman–Crippen MR) is 109 cm³/mol. The van der Waals surface area contributed by atoms with Crippen LogP contribution >= 0.6 is 0 Å². The Balaban J connectivity index is 1.63. The third-order valence-electron chi connectivity index (χ3n) is 5.88. The highest BCUT2D eigenvalue weighted by Crippen LogP contribution is 2.29. The van der Waals surface area contributed by atoms with Gasteiger partial charge in [-0.1, -0.05) is 19.1 Å². The molecule has 3 atom stereocenters. The number of ether oxygens (including phenoxy) is 1. The van der Waals surface area contributed by atoms with Crippen molar-refractivity contribution in [1.82, 2.24) is 14.8 Å². The molecule has 4 rings (SSSR count). The summed E-state index contributed by atoms with van der Waals surface area (Å²) in [6, 6.07) is 5.13. The monoisotopic (exact) mass is 429 g/mol. The van der Waals surface area contributed by atoms with E-state index in [9.17, 15) is 23.9 Å². The van der Waals surface area contributed by atoms with E-state index in [-0.39, 0.29) is 23.9 Å². The minimum Gasteiger partial charge on any atom is -0.503 e. The van der Waals surface area contributed by atoms with Gasteiger partial charge in [0.2, 0.25) is 5.43 Å². The summed E-state index contributed by atoms with van der Waals surface area (Å²) in [5.74, 6) is -2.33. The smallest absolute Gasteiger partial charge is 0.276 e. The molecule has 1 aromatic heterocycles. The van der Waals surface area contributed by atoms with Crippen molar-refractivity contribution in [2.45, 2.75) is 51.6 Å². The van der Waals surface area contributed by atoms with Crippen molar-refractivity contribution in [2.24, 2.45) is 0 Å². The van der Waals surface area contributed by atoms with E-state index in [0.717, 1.165) is 6.42 Å². The van der Waals surface area contributed by atoms with E-state index in [1.165, 1.54) is 39.9 Å². The third kappa shape index (κ3) is 3.81. The van der Waals surface area contributed by atoms with Crippen LogP contribution in [-0.2, 0) is 11.3 Å². The maximum atomic E-state index is 13.1. The van der Waals surface area contributed by atoms with Crippen molar-refractivity contribution in [3.05, 3.63) is 63.3 Å². The Morgan fingerprint density at radius 2 is 2.03 bits per heavy atom. The van der Waals surface area contributed by atoms with E-state index in [1.807, 2.05) is 6.92 Å². The van der Waals surface area contributed by atoms with Gasteiger partial charge in [-0.3, -0.25) is 14.4 Å². The van der Waals surface area contributed by atoms with Crippen molar-refractivity contribution in [3.63, 3.8) is 0 Å². The maximum Gasteiger partial charge on any atom is 0.276 e. The van der Waals surface area contributed by atoms with Gasteiger partial charge in [-0.15, -0.1) is 0 Å². The van der Waals surface area contributed by atoms with E-state index in [4.69, 9.17) is 4.74 Å². The molecule has 2 aromatic rings. The highest BCUT2D eigenvalue weighted by Gasteiger charge is 2.40.